The maximum atomic E-state index is 12.9. The quantitative estimate of drug-likeness (QED) is 0.810. The Kier molecular flexibility index (Phi) is 5.93. The standard InChI is InChI=1S/C15H25F3N2O3/c1-9(2)5-14(3,4)8-19-13(23)20-6-10(12(21)22)11(7-20)15(16,17)18/h9-11H,5-8H2,1-4H3,(H,19,23)(H,21,22)/t10-,11-/m1/s1. The molecule has 1 fully saturated rings. The molecule has 1 rings (SSSR count). The molecule has 0 bridgehead atoms. The molecule has 1 saturated heterocycles. The summed E-state index contributed by atoms with van der Waals surface area (Å²) >= 11 is 0. The molecule has 134 valence electrons. The molecule has 23 heavy (non-hydrogen) atoms. The first-order chi connectivity index (χ1) is 10.3. The van der Waals surface area contributed by atoms with Gasteiger partial charge in [0.25, 0.3) is 0 Å². The van der Waals surface area contributed by atoms with E-state index in [1.54, 1.807) is 0 Å². The fourth-order valence-corrected chi connectivity index (χ4v) is 3.16. The van der Waals surface area contributed by atoms with Crippen LogP contribution in [0.1, 0.15) is 34.1 Å². The summed E-state index contributed by atoms with van der Waals surface area (Å²) in [6.07, 6.45) is -3.77. The van der Waals surface area contributed by atoms with E-state index < -0.39 is 43.1 Å². The van der Waals surface area contributed by atoms with E-state index in [0.29, 0.717) is 12.5 Å². The Morgan fingerprint density at radius 2 is 1.83 bits per heavy atom. The molecule has 1 aliphatic rings. The van der Waals surface area contributed by atoms with Gasteiger partial charge in [-0.1, -0.05) is 27.7 Å². The molecule has 8 heteroatoms. The molecule has 2 N–H and O–H groups in total. The van der Waals surface area contributed by atoms with Gasteiger partial charge in [-0.25, -0.2) is 4.79 Å². The van der Waals surface area contributed by atoms with E-state index in [4.69, 9.17) is 5.11 Å². The Balaban J connectivity index is 2.66. The summed E-state index contributed by atoms with van der Waals surface area (Å²) in [6.45, 7) is 7.33. The maximum Gasteiger partial charge on any atom is 0.394 e. The highest BCUT2D eigenvalue weighted by atomic mass is 19.4. The summed E-state index contributed by atoms with van der Waals surface area (Å²) in [5.74, 6) is -4.72. The molecule has 0 spiro atoms. The highest BCUT2D eigenvalue weighted by Gasteiger charge is 2.53. The van der Waals surface area contributed by atoms with Gasteiger partial charge in [-0.3, -0.25) is 4.79 Å². The number of halogens is 3. The van der Waals surface area contributed by atoms with E-state index in [0.717, 1.165) is 11.3 Å². The maximum absolute atomic E-state index is 12.9. The number of hydrogen-bond donors (Lipinski definition) is 2. The van der Waals surface area contributed by atoms with Crippen molar-refractivity contribution in [3.8, 4) is 0 Å². The normalized spacial score (nSPS) is 22.5. The Morgan fingerprint density at radius 1 is 1.26 bits per heavy atom. The second-order valence-electron chi connectivity index (χ2n) is 7.42. The van der Waals surface area contributed by atoms with Crippen molar-refractivity contribution in [2.45, 2.75) is 40.3 Å². The third kappa shape index (κ3) is 5.58. The molecule has 5 nitrogen and oxygen atoms in total. The predicted octanol–water partition coefficient (Wildman–Crippen LogP) is 2.96. The highest BCUT2D eigenvalue weighted by molar-refractivity contribution is 5.77. The zero-order chi connectivity index (χ0) is 18.0. The van der Waals surface area contributed by atoms with Crippen LogP contribution < -0.4 is 5.32 Å². The molecule has 2 atom stereocenters. The van der Waals surface area contributed by atoms with E-state index >= 15 is 0 Å². The summed E-state index contributed by atoms with van der Waals surface area (Å²) in [4.78, 5) is 24.0. The summed E-state index contributed by atoms with van der Waals surface area (Å²) in [7, 11) is 0. The summed E-state index contributed by atoms with van der Waals surface area (Å²) in [5.41, 5.74) is -0.181. The number of amides is 2. The number of carboxylic acid groups (broad SMARTS) is 1. The van der Waals surface area contributed by atoms with Gasteiger partial charge in [0.2, 0.25) is 0 Å². The number of likely N-dealkylation sites (tertiary alicyclic amines) is 1. The third-order valence-electron chi connectivity index (χ3n) is 4.02. The van der Waals surface area contributed by atoms with Crippen molar-refractivity contribution < 1.29 is 27.9 Å². The smallest absolute Gasteiger partial charge is 0.394 e. The van der Waals surface area contributed by atoms with Crippen molar-refractivity contribution in [2.75, 3.05) is 19.6 Å². The molecular formula is C15H25F3N2O3. The zero-order valence-corrected chi connectivity index (χ0v) is 13.9. The molecule has 0 aliphatic carbocycles. The molecule has 2 amide bonds. The van der Waals surface area contributed by atoms with Crippen molar-refractivity contribution in [3.05, 3.63) is 0 Å². The number of hydrogen-bond acceptors (Lipinski definition) is 2. The Morgan fingerprint density at radius 3 is 2.22 bits per heavy atom. The van der Waals surface area contributed by atoms with Gasteiger partial charge in [-0.05, 0) is 17.8 Å². The minimum absolute atomic E-state index is 0.181. The van der Waals surface area contributed by atoms with Gasteiger partial charge in [0, 0.05) is 19.6 Å². The lowest BCUT2D eigenvalue weighted by atomic mass is 9.84. The second-order valence-corrected chi connectivity index (χ2v) is 7.42. The van der Waals surface area contributed by atoms with Crippen LogP contribution in [0.2, 0.25) is 0 Å². The number of nitrogens with zero attached hydrogens (tertiary/aromatic N) is 1. The van der Waals surface area contributed by atoms with E-state index in [-0.39, 0.29) is 5.41 Å². The first-order valence-electron chi connectivity index (χ1n) is 7.66. The second kappa shape index (κ2) is 6.97. The number of nitrogens with one attached hydrogen (secondary N) is 1. The average molecular weight is 338 g/mol. The predicted molar refractivity (Wildman–Crippen MR) is 78.9 cm³/mol. The molecule has 1 heterocycles. The molecule has 0 unspecified atom stereocenters. The lowest BCUT2D eigenvalue weighted by molar-refractivity contribution is -0.187. The number of carbonyl (C=O) groups is 2. The van der Waals surface area contributed by atoms with Crippen molar-refractivity contribution >= 4 is 12.0 Å². The summed E-state index contributed by atoms with van der Waals surface area (Å²) in [6, 6.07) is -0.639. The molecule has 0 saturated carbocycles. The van der Waals surface area contributed by atoms with E-state index in [9.17, 15) is 22.8 Å². The summed E-state index contributed by atoms with van der Waals surface area (Å²) < 4.78 is 38.7. The Hall–Kier alpha value is -1.47. The monoisotopic (exact) mass is 338 g/mol. The van der Waals surface area contributed by atoms with Gasteiger partial charge < -0.3 is 15.3 Å². The molecule has 0 aromatic heterocycles. The van der Waals surface area contributed by atoms with Crippen LogP contribution in [0.25, 0.3) is 0 Å². The number of alkyl halides is 3. The first-order valence-corrected chi connectivity index (χ1v) is 7.66. The minimum Gasteiger partial charge on any atom is -0.481 e. The van der Waals surface area contributed by atoms with E-state index in [2.05, 4.69) is 19.2 Å². The van der Waals surface area contributed by atoms with Crippen LogP contribution in [0.5, 0.6) is 0 Å². The number of carboxylic acids is 1. The number of aliphatic carboxylic acids is 1. The van der Waals surface area contributed by atoms with Crippen LogP contribution >= 0.6 is 0 Å². The minimum atomic E-state index is -4.63. The topological polar surface area (TPSA) is 69.6 Å². The van der Waals surface area contributed by atoms with Crippen LogP contribution in [0, 0.1) is 23.2 Å². The van der Waals surface area contributed by atoms with Gasteiger partial charge in [0.05, 0.1) is 11.8 Å². The first kappa shape index (κ1) is 19.6. The lowest BCUT2D eigenvalue weighted by Crippen LogP contribution is -2.43. The van der Waals surface area contributed by atoms with Crippen LogP contribution in [0.15, 0.2) is 0 Å². The Bertz CT molecular complexity index is 450. The van der Waals surface area contributed by atoms with Gasteiger partial charge in [0.1, 0.15) is 0 Å². The van der Waals surface area contributed by atoms with Crippen LogP contribution in [0.4, 0.5) is 18.0 Å². The van der Waals surface area contributed by atoms with Gasteiger partial charge in [-0.2, -0.15) is 13.2 Å². The highest BCUT2D eigenvalue weighted by Crippen LogP contribution is 2.37. The fourth-order valence-electron chi connectivity index (χ4n) is 3.16. The van der Waals surface area contributed by atoms with Crippen LogP contribution in [0.3, 0.4) is 0 Å². The van der Waals surface area contributed by atoms with E-state index in [1.165, 1.54) is 0 Å². The molecule has 0 aromatic carbocycles. The Labute approximate surface area is 134 Å². The van der Waals surface area contributed by atoms with Crippen molar-refractivity contribution in [1.82, 2.24) is 10.2 Å². The number of carbonyl (C=O) groups excluding carboxylic acids is 1. The van der Waals surface area contributed by atoms with Crippen molar-refractivity contribution in [2.24, 2.45) is 23.2 Å². The molecule has 0 aromatic rings. The zero-order valence-electron chi connectivity index (χ0n) is 13.9. The third-order valence-corrected chi connectivity index (χ3v) is 4.02. The van der Waals surface area contributed by atoms with Crippen LogP contribution in [-0.4, -0.2) is 47.8 Å². The molecular weight excluding hydrogens is 313 g/mol. The van der Waals surface area contributed by atoms with Gasteiger partial charge >= 0.3 is 18.2 Å². The van der Waals surface area contributed by atoms with Crippen LogP contribution in [-0.2, 0) is 4.79 Å². The van der Waals surface area contributed by atoms with Crippen molar-refractivity contribution in [1.29, 1.82) is 0 Å². The van der Waals surface area contributed by atoms with E-state index in [1.807, 2.05) is 13.8 Å². The molecule has 1 aliphatic heterocycles. The fraction of sp³-hybridized carbons (Fsp3) is 0.867. The van der Waals surface area contributed by atoms with Crippen molar-refractivity contribution in [3.63, 3.8) is 0 Å². The lowest BCUT2D eigenvalue weighted by Gasteiger charge is -2.28. The summed E-state index contributed by atoms with van der Waals surface area (Å²) in [5, 5.41) is 11.6. The van der Waals surface area contributed by atoms with Gasteiger partial charge in [0.15, 0.2) is 0 Å². The number of urea groups is 1. The SMILES string of the molecule is CC(C)CC(C)(C)CNC(=O)N1C[C@@H](C(F)(F)F)[C@H](C(=O)O)C1. The largest absolute Gasteiger partial charge is 0.481 e. The van der Waals surface area contributed by atoms with Gasteiger partial charge in [-0.15, -0.1) is 0 Å². The number of rotatable bonds is 5. The molecule has 0 radical (unpaired) electrons. The average Bonchev–Trinajstić information content (AvgIpc) is 2.79.